The van der Waals surface area contributed by atoms with Crippen LogP contribution in [-0.4, -0.2) is 34.8 Å². The van der Waals surface area contributed by atoms with Crippen LogP contribution < -0.4 is 4.74 Å². The maximum Gasteiger partial charge on any atom is 0.295 e. The first-order valence-electron chi connectivity index (χ1n) is 10.8. The number of benzene rings is 2. The van der Waals surface area contributed by atoms with E-state index in [9.17, 15) is 14.7 Å². The highest BCUT2D eigenvalue weighted by atomic mass is 16.5. The molecule has 1 amide bonds. The maximum absolute atomic E-state index is 13.0. The van der Waals surface area contributed by atoms with Crippen molar-refractivity contribution in [3.05, 3.63) is 70.3 Å². The zero-order valence-electron chi connectivity index (χ0n) is 18.9. The number of aliphatic hydroxyl groups is 1. The van der Waals surface area contributed by atoms with Crippen molar-refractivity contribution in [1.29, 1.82) is 0 Å². The molecule has 1 fully saturated rings. The van der Waals surface area contributed by atoms with E-state index in [1.54, 1.807) is 4.90 Å². The highest BCUT2D eigenvalue weighted by molar-refractivity contribution is 6.46. The molecule has 1 unspecified atom stereocenters. The monoisotopic (exact) mass is 421 g/mol. The summed E-state index contributed by atoms with van der Waals surface area (Å²) >= 11 is 0. The van der Waals surface area contributed by atoms with Crippen molar-refractivity contribution < 1.29 is 19.4 Å². The highest BCUT2D eigenvalue weighted by Gasteiger charge is 2.45. The van der Waals surface area contributed by atoms with E-state index in [0.717, 1.165) is 16.7 Å². The van der Waals surface area contributed by atoms with E-state index in [1.807, 2.05) is 63.2 Å². The molecule has 5 heteroatoms. The van der Waals surface area contributed by atoms with Gasteiger partial charge < -0.3 is 14.7 Å². The summed E-state index contributed by atoms with van der Waals surface area (Å²) in [5.41, 5.74) is 3.27. The van der Waals surface area contributed by atoms with E-state index in [1.165, 1.54) is 0 Å². The van der Waals surface area contributed by atoms with E-state index in [4.69, 9.17) is 4.74 Å². The van der Waals surface area contributed by atoms with Gasteiger partial charge >= 0.3 is 0 Å². The number of hydrogen-bond donors (Lipinski definition) is 1. The Morgan fingerprint density at radius 1 is 1.13 bits per heavy atom. The van der Waals surface area contributed by atoms with Crippen molar-refractivity contribution >= 4 is 17.4 Å². The fourth-order valence-corrected chi connectivity index (χ4v) is 3.87. The van der Waals surface area contributed by atoms with Crippen LogP contribution in [0.15, 0.2) is 48.0 Å². The zero-order valence-corrected chi connectivity index (χ0v) is 18.9. The molecule has 1 atom stereocenters. The third kappa shape index (κ3) is 4.66. The fraction of sp³-hybridized carbons (Fsp3) is 0.385. The van der Waals surface area contributed by atoms with Crippen LogP contribution in [0.5, 0.6) is 5.75 Å². The van der Waals surface area contributed by atoms with Crippen LogP contribution in [0.3, 0.4) is 0 Å². The summed E-state index contributed by atoms with van der Waals surface area (Å²) < 4.78 is 5.86. The average molecular weight is 422 g/mol. The van der Waals surface area contributed by atoms with Gasteiger partial charge in [0, 0.05) is 12.1 Å². The number of aryl methyl sites for hydroxylation is 2. The summed E-state index contributed by atoms with van der Waals surface area (Å²) in [6.45, 7) is 10.9. The van der Waals surface area contributed by atoms with Crippen molar-refractivity contribution in [3.63, 3.8) is 0 Å². The molecular weight excluding hydrogens is 390 g/mol. The Hall–Kier alpha value is -3.08. The van der Waals surface area contributed by atoms with Crippen LogP contribution >= 0.6 is 0 Å². The highest BCUT2D eigenvalue weighted by Crippen LogP contribution is 2.40. The molecule has 3 rings (SSSR count). The minimum Gasteiger partial charge on any atom is -0.507 e. The van der Waals surface area contributed by atoms with E-state index in [0.29, 0.717) is 36.8 Å². The van der Waals surface area contributed by atoms with Gasteiger partial charge in [0.15, 0.2) is 0 Å². The maximum atomic E-state index is 13.0. The summed E-state index contributed by atoms with van der Waals surface area (Å²) in [6, 6.07) is 12.5. The third-order valence-corrected chi connectivity index (χ3v) is 5.41. The number of hydrogen-bond acceptors (Lipinski definition) is 4. The second-order valence-corrected chi connectivity index (χ2v) is 8.59. The second-order valence-electron chi connectivity index (χ2n) is 8.59. The quantitative estimate of drug-likeness (QED) is 0.380. The van der Waals surface area contributed by atoms with E-state index < -0.39 is 17.7 Å². The van der Waals surface area contributed by atoms with Crippen LogP contribution in [0, 0.1) is 19.8 Å². The van der Waals surface area contributed by atoms with Crippen molar-refractivity contribution in [2.75, 3.05) is 13.2 Å². The van der Waals surface area contributed by atoms with Crippen LogP contribution in [0.2, 0.25) is 0 Å². The molecule has 1 aliphatic rings. The minimum atomic E-state index is -0.650. The summed E-state index contributed by atoms with van der Waals surface area (Å²) in [5.74, 6) is -0.298. The SMILES string of the molecule is CCCN1C(=O)C(=O)/C(=C(/O)c2cc(C)ccc2C)C1c1cccc(OCC(C)C)c1. The summed E-state index contributed by atoms with van der Waals surface area (Å²) in [6.07, 6.45) is 0.705. The van der Waals surface area contributed by atoms with Gasteiger partial charge in [-0.1, -0.05) is 50.6 Å². The Balaban J connectivity index is 2.15. The number of ketones is 1. The number of aliphatic hydroxyl groups excluding tert-OH is 1. The first kappa shape index (κ1) is 22.6. The number of Topliss-reactive ketones (excluding diaryl/α,β-unsaturated/α-hetero) is 1. The molecule has 0 aromatic heterocycles. The molecule has 1 heterocycles. The molecule has 0 radical (unpaired) electrons. The summed E-state index contributed by atoms with van der Waals surface area (Å²) in [4.78, 5) is 27.5. The molecule has 1 saturated heterocycles. The van der Waals surface area contributed by atoms with Gasteiger partial charge in [-0.05, 0) is 55.5 Å². The van der Waals surface area contributed by atoms with Gasteiger partial charge in [-0.2, -0.15) is 0 Å². The van der Waals surface area contributed by atoms with Crippen molar-refractivity contribution in [2.24, 2.45) is 5.92 Å². The number of amides is 1. The molecule has 1 aliphatic heterocycles. The lowest BCUT2D eigenvalue weighted by Gasteiger charge is -2.25. The molecule has 0 bridgehead atoms. The Kier molecular flexibility index (Phi) is 6.84. The number of likely N-dealkylation sites (tertiary alicyclic amines) is 1. The normalized spacial score (nSPS) is 18.1. The third-order valence-electron chi connectivity index (χ3n) is 5.41. The Labute approximate surface area is 184 Å². The summed E-state index contributed by atoms with van der Waals surface area (Å²) in [5, 5.41) is 11.2. The van der Waals surface area contributed by atoms with Crippen LogP contribution in [0.25, 0.3) is 5.76 Å². The van der Waals surface area contributed by atoms with Gasteiger partial charge in [0.05, 0.1) is 18.2 Å². The molecule has 0 saturated carbocycles. The topological polar surface area (TPSA) is 66.8 Å². The molecule has 164 valence electrons. The van der Waals surface area contributed by atoms with Gasteiger partial charge in [-0.15, -0.1) is 0 Å². The largest absolute Gasteiger partial charge is 0.507 e. The number of carbonyl (C=O) groups excluding carboxylic acids is 2. The Morgan fingerprint density at radius 3 is 2.55 bits per heavy atom. The number of ether oxygens (including phenoxy) is 1. The summed E-state index contributed by atoms with van der Waals surface area (Å²) in [7, 11) is 0. The first-order valence-corrected chi connectivity index (χ1v) is 10.8. The predicted molar refractivity (Wildman–Crippen MR) is 122 cm³/mol. The molecule has 1 N–H and O–H groups in total. The van der Waals surface area contributed by atoms with Gasteiger partial charge in [0.25, 0.3) is 11.7 Å². The van der Waals surface area contributed by atoms with E-state index in [2.05, 4.69) is 13.8 Å². The first-order chi connectivity index (χ1) is 14.7. The van der Waals surface area contributed by atoms with Gasteiger partial charge in [-0.25, -0.2) is 0 Å². The molecule has 0 spiro atoms. The zero-order chi connectivity index (χ0) is 22.7. The van der Waals surface area contributed by atoms with E-state index >= 15 is 0 Å². The molecular formula is C26H31NO4. The standard InChI is InChI=1S/C26H31NO4/c1-6-12-27-23(19-8-7-9-20(14-19)31-15-16(2)3)22(25(29)26(27)30)24(28)21-13-17(4)10-11-18(21)5/h7-11,13-14,16,23,28H,6,12,15H2,1-5H3/b24-22+. The average Bonchev–Trinajstić information content (AvgIpc) is 2.99. The van der Waals surface area contributed by atoms with Crippen LogP contribution in [-0.2, 0) is 9.59 Å². The van der Waals surface area contributed by atoms with Crippen molar-refractivity contribution in [2.45, 2.75) is 47.1 Å². The van der Waals surface area contributed by atoms with E-state index in [-0.39, 0.29) is 11.3 Å². The molecule has 5 nitrogen and oxygen atoms in total. The lowest BCUT2D eigenvalue weighted by molar-refractivity contribution is -0.139. The van der Waals surface area contributed by atoms with Gasteiger partial charge in [0.1, 0.15) is 11.5 Å². The van der Waals surface area contributed by atoms with Crippen molar-refractivity contribution in [1.82, 2.24) is 4.90 Å². The predicted octanol–water partition coefficient (Wildman–Crippen LogP) is 5.17. The lowest BCUT2D eigenvalue weighted by Crippen LogP contribution is -2.30. The Morgan fingerprint density at radius 2 is 1.87 bits per heavy atom. The second kappa shape index (κ2) is 9.38. The Bertz CT molecular complexity index is 1020. The number of carbonyl (C=O) groups is 2. The smallest absolute Gasteiger partial charge is 0.295 e. The molecule has 2 aromatic carbocycles. The van der Waals surface area contributed by atoms with Crippen LogP contribution in [0.4, 0.5) is 0 Å². The fourth-order valence-electron chi connectivity index (χ4n) is 3.87. The molecule has 31 heavy (non-hydrogen) atoms. The molecule has 2 aromatic rings. The lowest BCUT2D eigenvalue weighted by atomic mass is 9.93. The van der Waals surface area contributed by atoms with Crippen molar-refractivity contribution in [3.8, 4) is 5.75 Å². The van der Waals surface area contributed by atoms with Gasteiger partial charge in [-0.3, -0.25) is 9.59 Å². The number of rotatable bonds is 7. The van der Waals surface area contributed by atoms with Crippen LogP contribution in [0.1, 0.15) is 55.5 Å². The molecule has 0 aliphatic carbocycles. The number of nitrogens with zero attached hydrogens (tertiary/aromatic N) is 1. The minimum absolute atomic E-state index is 0.128. The van der Waals surface area contributed by atoms with Gasteiger partial charge in [0.2, 0.25) is 0 Å².